The number of amides is 1. The summed E-state index contributed by atoms with van der Waals surface area (Å²) in [7, 11) is 1.50. The van der Waals surface area contributed by atoms with Gasteiger partial charge in [0.05, 0.1) is 23.5 Å². The number of aliphatic imine (C=N–C) groups is 1. The lowest BCUT2D eigenvalue weighted by atomic mass is 10.0. The zero-order valence-corrected chi connectivity index (χ0v) is 19.9. The van der Waals surface area contributed by atoms with Gasteiger partial charge in [-0.15, -0.1) is 0 Å². The molecule has 2 aliphatic rings. The second-order valence-electron chi connectivity index (χ2n) is 7.80. The summed E-state index contributed by atoms with van der Waals surface area (Å²) in [4.78, 5) is 19.1. The van der Waals surface area contributed by atoms with Crippen molar-refractivity contribution in [1.29, 1.82) is 0 Å². The Balaban J connectivity index is 1.80. The van der Waals surface area contributed by atoms with Gasteiger partial charge in [0.1, 0.15) is 17.4 Å². The van der Waals surface area contributed by atoms with Crippen molar-refractivity contribution in [2.24, 2.45) is 10.7 Å². The Bertz CT molecular complexity index is 1080. The number of ether oxygens (including phenoxy) is 1. The predicted molar refractivity (Wildman–Crippen MR) is 135 cm³/mol. The van der Waals surface area contributed by atoms with Gasteiger partial charge >= 0.3 is 0 Å². The van der Waals surface area contributed by atoms with Gasteiger partial charge in [0.15, 0.2) is 0 Å². The van der Waals surface area contributed by atoms with E-state index in [0.29, 0.717) is 28.4 Å². The molecular formula is C25H29ClFN5O2. The number of carbonyl (C=O) groups excluding carboxylic acids is 1. The van der Waals surface area contributed by atoms with Gasteiger partial charge < -0.3 is 21.1 Å². The van der Waals surface area contributed by atoms with Gasteiger partial charge in [-0.1, -0.05) is 30.7 Å². The van der Waals surface area contributed by atoms with Crippen LogP contribution in [0.2, 0.25) is 5.02 Å². The number of allylic oxidation sites excluding steroid dienone is 3. The molecule has 1 aromatic rings. The van der Waals surface area contributed by atoms with E-state index in [0.717, 1.165) is 19.6 Å². The number of nitrogens with one attached hydrogen (secondary N) is 2. The topological polar surface area (TPSA) is 92.0 Å². The average Bonchev–Trinajstić information content (AvgIpc) is 2.83. The fraction of sp³-hybridized carbons (Fsp3) is 0.280. The number of nitrogens with two attached hydrogens (primary N) is 1. The van der Waals surface area contributed by atoms with Crippen molar-refractivity contribution in [3.63, 3.8) is 0 Å². The van der Waals surface area contributed by atoms with Crippen LogP contribution in [0.15, 0.2) is 83.1 Å². The standard InChI is InChI=1S/C25H29ClFN5O2/c1-3-29-21-16-23(34-2)22(31-24(33)8-7-13-32-11-5-4-6-12-32)15-18(21)25(28)30-17-9-10-20(27)19(26)14-17/h3,7-10,14-16,30H,1,4-6,11-13,28H2,2H3,(H,31,33)/b8-7+,25-18+,29-21-. The van der Waals surface area contributed by atoms with Gasteiger partial charge in [-0.3, -0.25) is 14.7 Å². The van der Waals surface area contributed by atoms with E-state index in [2.05, 4.69) is 27.1 Å². The van der Waals surface area contributed by atoms with Crippen molar-refractivity contribution in [3.8, 4) is 0 Å². The maximum Gasteiger partial charge on any atom is 0.248 e. The van der Waals surface area contributed by atoms with Crippen molar-refractivity contribution < 1.29 is 13.9 Å². The summed E-state index contributed by atoms with van der Waals surface area (Å²) in [5.74, 6) is -0.177. The fourth-order valence-corrected chi connectivity index (χ4v) is 3.86. The van der Waals surface area contributed by atoms with Gasteiger partial charge in [-0.2, -0.15) is 0 Å². The minimum absolute atomic E-state index is 0.0344. The highest BCUT2D eigenvalue weighted by Gasteiger charge is 2.21. The first kappa shape index (κ1) is 25.3. The third kappa shape index (κ3) is 6.82. The van der Waals surface area contributed by atoms with Crippen LogP contribution in [-0.4, -0.2) is 43.3 Å². The van der Waals surface area contributed by atoms with E-state index >= 15 is 0 Å². The predicted octanol–water partition coefficient (Wildman–Crippen LogP) is 4.23. The van der Waals surface area contributed by atoms with E-state index in [1.165, 1.54) is 56.8 Å². The van der Waals surface area contributed by atoms with Crippen LogP contribution >= 0.6 is 11.6 Å². The Hall–Kier alpha value is -3.36. The molecular weight excluding hydrogens is 457 g/mol. The number of halogens is 2. The monoisotopic (exact) mass is 485 g/mol. The summed E-state index contributed by atoms with van der Waals surface area (Å²) in [6.45, 7) is 6.48. The lowest BCUT2D eigenvalue weighted by molar-refractivity contribution is -0.115. The highest BCUT2D eigenvalue weighted by molar-refractivity contribution is 6.31. The SMILES string of the molecule is C=C/N=C1/C=C(OC)C(NC(=O)/C=C/CN2CCCCC2)=C/C1=C(/N)Nc1ccc(F)c(Cl)c1. The molecule has 9 heteroatoms. The summed E-state index contributed by atoms with van der Waals surface area (Å²) in [5.41, 5.74) is 8.19. The zero-order valence-electron chi connectivity index (χ0n) is 19.1. The minimum Gasteiger partial charge on any atom is -0.494 e. The highest BCUT2D eigenvalue weighted by Crippen LogP contribution is 2.24. The second-order valence-corrected chi connectivity index (χ2v) is 8.21. The molecule has 180 valence electrons. The van der Waals surface area contributed by atoms with Crippen LogP contribution in [0.4, 0.5) is 10.1 Å². The van der Waals surface area contributed by atoms with E-state index in [1.807, 2.05) is 6.08 Å². The molecule has 0 unspecified atom stereocenters. The first-order valence-electron chi connectivity index (χ1n) is 11.0. The van der Waals surface area contributed by atoms with E-state index < -0.39 is 5.82 Å². The van der Waals surface area contributed by atoms with Crippen LogP contribution in [-0.2, 0) is 9.53 Å². The molecule has 0 spiro atoms. The Kier molecular flexibility index (Phi) is 9.07. The number of benzene rings is 1. The number of rotatable bonds is 8. The third-order valence-corrected chi connectivity index (χ3v) is 5.67. The van der Waals surface area contributed by atoms with Crippen molar-refractivity contribution in [2.45, 2.75) is 19.3 Å². The number of hydrogen-bond acceptors (Lipinski definition) is 6. The summed E-state index contributed by atoms with van der Waals surface area (Å²) < 4.78 is 18.9. The fourth-order valence-electron chi connectivity index (χ4n) is 3.68. The Morgan fingerprint density at radius 3 is 2.74 bits per heavy atom. The molecule has 0 atom stereocenters. The molecule has 34 heavy (non-hydrogen) atoms. The van der Waals surface area contributed by atoms with E-state index in [4.69, 9.17) is 22.1 Å². The van der Waals surface area contributed by atoms with Crippen LogP contribution in [0.5, 0.6) is 0 Å². The molecule has 1 aliphatic heterocycles. The Morgan fingerprint density at radius 1 is 1.29 bits per heavy atom. The van der Waals surface area contributed by atoms with Crippen molar-refractivity contribution in [1.82, 2.24) is 10.2 Å². The third-order valence-electron chi connectivity index (χ3n) is 5.38. The number of anilines is 1. The minimum atomic E-state index is -0.532. The molecule has 0 bridgehead atoms. The normalized spacial score (nSPS) is 19.4. The number of methoxy groups -OCH3 is 1. The quantitative estimate of drug-likeness (QED) is 0.479. The van der Waals surface area contributed by atoms with Gasteiger partial charge in [0.25, 0.3) is 0 Å². The maximum absolute atomic E-state index is 13.5. The second kappa shape index (κ2) is 12.2. The van der Waals surface area contributed by atoms with E-state index in [-0.39, 0.29) is 16.8 Å². The first-order valence-corrected chi connectivity index (χ1v) is 11.4. The van der Waals surface area contributed by atoms with Crippen LogP contribution in [0.3, 0.4) is 0 Å². The van der Waals surface area contributed by atoms with Gasteiger partial charge in [-0.25, -0.2) is 4.39 Å². The number of nitrogens with zero attached hydrogens (tertiary/aromatic N) is 2. The van der Waals surface area contributed by atoms with Crippen molar-refractivity contribution in [3.05, 3.63) is 89.0 Å². The number of carbonyl (C=O) groups is 1. The van der Waals surface area contributed by atoms with Crippen molar-refractivity contribution in [2.75, 3.05) is 32.1 Å². The Morgan fingerprint density at radius 2 is 2.06 bits per heavy atom. The highest BCUT2D eigenvalue weighted by atomic mass is 35.5. The molecule has 0 saturated carbocycles. The molecule has 1 heterocycles. The number of likely N-dealkylation sites (tertiary alicyclic amines) is 1. The van der Waals surface area contributed by atoms with Crippen molar-refractivity contribution >= 4 is 28.9 Å². The summed E-state index contributed by atoms with van der Waals surface area (Å²) >= 11 is 5.87. The summed E-state index contributed by atoms with van der Waals surface area (Å²) in [6, 6.07) is 4.17. The van der Waals surface area contributed by atoms with E-state index in [9.17, 15) is 9.18 Å². The molecule has 1 saturated heterocycles. The van der Waals surface area contributed by atoms with E-state index in [1.54, 1.807) is 12.2 Å². The molecule has 1 fully saturated rings. The lowest BCUT2D eigenvalue weighted by Crippen LogP contribution is -2.30. The molecule has 4 N–H and O–H groups in total. The largest absolute Gasteiger partial charge is 0.494 e. The van der Waals surface area contributed by atoms with Gasteiger partial charge in [0.2, 0.25) is 5.91 Å². The average molecular weight is 486 g/mol. The number of piperidine rings is 1. The van der Waals surface area contributed by atoms with Crippen LogP contribution in [0, 0.1) is 5.82 Å². The Labute approximate surface area is 204 Å². The van der Waals surface area contributed by atoms with Crippen LogP contribution < -0.4 is 16.4 Å². The molecule has 1 amide bonds. The smallest absolute Gasteiger partial charge is 0.248 e. The zero-order chi connectivity index (χ0) is 24.5. The van der Waals surface area contributed by atoms with Gasteiger partial charge in [-0.05, 0) is 50.2 Å². The molecule has 7 nitrogen and oxygen atoms in total. The van der Waals surface area contributed by atoms with Gasteiger partial charge in [0, 0.05) is 36.2 Å². The lowest BCUT2D eigenvalue weighted by Gasteiger charge is -2.24. The van der Waals surface area contributed by atoms with Crippen LogP contribution in [0.1, 0.15) is 19.3 Å². The molecule has 1 aromatic carbocycles. The van der Waals surface area contributed by atoms with Crippen LogP contribution in [0.25, 0.3) is 0 Å². The maximum atomic E-state index is 13.5. The molecule has 0 aromatic heterocycles. The summed E-state index contributed by atoms with van der Waals surface area (Å²) in [5, 5.41) is 5.80. The number of hydrogen-bond donors (Lipinski definition) is 3. The molecule has 3 rings (SSSR count). The summed E-state index contributed by atoms with van der Waals surface area (Å²) in [6.07, 6.45) is 11.7. The molecule has 0 radical (unpaired) electrons. The first-order chi connectivity index (χ1) is 16.4. The molecule has 1 aliphatic carbocycles.